The van der Waals surface area contributed by atoms with Gasteiger partial charge in [-0.05, 0) is 0 Å². The van der Waals surface area contributed by atoms with Crippen molar-refractivity contribution in [2.24, 2.45) is 0 Å². The highest BCUT2D eigenvalue weighted by Gasteiger charge is 2.22. The van der Waals surface area contributed by atoms with Gasteiger partial charge in [0.1, 0.15) is 10.6 Å². The molecule has 0 atom stereocenters. The van der Waals surface area contributed by atoms with E-state index in [-0.39, 0.29) is 0 Å². The maximum absolute atomic E-state index is 10.7. The van der Waals surface area contributed by atoms with E-state index < -0.39 is 37.1 Å². The summed E-state index contributed by atoms with van der Waals surface area (Å²) in [5, 5.41) is 19.4. The number of nitrogens with one attached hydrogen (secondary N) is 1. The van der Waals surface area contributed by atoms with Crippen LogP contribution in [-0.4, -0.2) is 23.0 Å². The van der Waals surface area contributed by atoms with Gasteiger partial charge in [0.15, 0.2) is 5.75 Å². The van der Waals surface area contributed by atoms with E-state index in [9.17, 15) is 18.5 Å². The molecule has 8 nitrogen and oxygen atoms in total. The fourth-order valence-corrected chi connectivity index (χ4v) is 1.52. The third kappa shape index (κ3) is 2.14. The van der Waals surface area contributed by atoms with E-state index in [4.69, 9.17) is 15.4 Å². The Balaban J connectivity index is 3.59. The quantitative estimate of drug-likeness (QED) is 0.329. The van der Waals surface area contributed by atoms with Crippen molar-refractivity contribution in [2.45, 2.75) is 4.90 Å². The Kier molecular flexibility index (Phi) is 2.51. The van der Waals surface area contributed by atoms with Crippen LogP contribution in [0.4, 0.5) is 11.4 Å². The molecule has 0 aliphatic heterocycles. The van der Waals surface area contributed by atoms with Gasteiger partial charge < -0.3 is 5.11 Å². The molecular weight excluding hydrogens is 228 g/mol. The summed E-state index contributed by atoms with van der Waals surface area (Å²) in [4.78, 5) is 8.32. The van der Waals surface area contributed by atoms with Crippen molar-refractivity contribution in [1.29, 1.82) is 0 Å². The molecule has 0 aliphatic rings. The van der Waals surface area contributed by atoms with Crippen molar-refractivity contribution < 1.29 is 23.0 Å². The minimum absolute atomic E-state index is 0.475. The van der Waals surface area contributed by atoms with E-state index in [0.29, 0.717) is 12.1 Å². The SMILES string of the molecule is [NH]c1cc([N+](=O)[O-])cc(S(=O)(=O)O)c1O. The van der Waals surface area contributed by atoms with Gasteiger partial charge in [0, 0.05) is 12.1 Å². The van der Waals surface area contributed by atoms with Crippen molar-refractivity contribution in [3.05, 3.63) is 22.2 Å². The number of aromatic hydroxyl groups is 1. The van der Waals surface area contributed by atoms with Gasteiger partial charge in [-0.2, -0.15) is 8.42 Å². The van der Waals surface area contributed by atoms with Crippen LogP contribution in [0.15, 0.2) is 17.0 Å². The molecule has 3 N–H and O–H groups in total. The number of nitrogens with zero attached hydrogens (tertiary/aromatic N) is 1. The van der Waals surface area contributed by atoms with Gasteiger partial charge in [0.25, 0.3) is 15.8 Å². The molecule has 0 aliphatic carbocycles. The first-order valence-corrected chi connectivity index (χ1v) is 4.88. The molecule has 0 saturated carbocycles. The van der Waals surface area contributed by atoms with E-state index in [1.807, 2.05) is 0 Å². The van der Waals surface area contributed by atoms with Crippen molar-refractivity contribution in [2.75, 3.05) is 0 Å². The lowest BCUT2D eigenvalue weighted by atomic mass is 10.2. The molecule has 1 rings (SSSR count). The van der Waals surface area contributed by atoms with Crippen LogP contribution in [0.3, 0.4) is 0 Å². The van der Waals surface area contributed by atoms with Gasteiger partial charge in [-0.1, -0.05) is 0 Å². The lowest BCUT2D eigenvalue weighted by Gasteiger charge is -2.03. The van der Waals surface area contributed by atoms with Crippen molar-refractivity contribution in [1.82, 2.24) is 5.73 Å². The Bertz CT molecular complexity index is 523. The van der Waals surface area contributed by atoms with Gasteiger partial charge in [-0.15, -0.1) is 0 Å². The minimum Gasteiger partial charge on any atom is -0.504 e. The lowest BCUT2D eigenvalue weighted by molar-refractivity contribution is -0.385. The molecule has 1 aromatic rings. The molecule has 81 valence electrons. The molecule has 0 fully saturated rings. The van der Waals surface area contributed by atoms with E-state index in [1.165, 1.54) is 0 Å². The van der Waals surface area contributed by atoms with E-state index in [2.05, 4.69) is 0 Å². The summed E-state index contributed by atoms with van der Waals surface area (Å²) >= 11 is 0. The number of nitro groups is 1. The lowest BCUT2D eigenvalue weighted by Crippen LogP contribution is -2.00. The topological polar surface area (TPSA) is 142 Å². The van der Waals surface area contributed by atoms with Crippen LogP contribution in [0.1, 0.15) is 0 Å². The van der Waals surface area contributed by atoms with E-state index in [0.717, 1.165) is 0 Å². The zero-order chi connectivity index (χ0) is 11.8. The second-order valence-electron chi connectivity index (χ2n) is 2.57. The number of hydrogen-bond donors (Lipinski definition) is 2. The molecule has 0 amide bonds. The molecule has 1 radical (unpaired) electrons. The Morgan fingerprint density at radius 1 is 1.40 bits per heavy atom. The predicted octanol–water partition coefficient (Wildman–Crippen LogP) is 0.461. The number of phenols is 1. The van der Waals surface area contributed by atoms with E-state index >= 15 is 0 Å². The number of non-ortho nitro benzene ring substituents is 1. The Labute approximate surface area is 83.8 Å². The zero-order valence-corrected chi connectivity index (χ0v) is 7.85. The molecule has 0 heterocycles. The largest absolute Gasteiger partial charge is 0.504 e. The zero-order valence-electron chi connectivity index (χ0n) is 7.04. The van der Waals surface area contributed by atoms with Crippen LogP contribution in [-0.2, 0) is 10.1 Å². The summed E-state index contributed by atoms with van der Waals surface area (Å²) in [6, 6.07) is 1.15. The molecule has 0 aromatic heterocycles. The average Bonchev–Trinajstić information content (AvgIpc) is 2.06. The van der Waals surface area contributed by atoms with Gasteiger partial charge in [-0.25, -0.2) is 0 Å². The van der Waals surface area contributed by atoms with Crippen molar-refractivity contribution in [3.8, 4) is 5.75 Å². The van der Waals surface area contributed by atoms with Gasteiger partial charge in [0.05, 0.1) is 4.92 Å². The Morgan fingerprint density at radius 3 is 2.33 bits per heavy atom. The van der Waals surface area contributed by atoms with Gasteiger partial charge >= 0.3 is 0 Å². The number of benzene rings is 1. The first kappa shape index (κ1) is 11.2. The highest BCUT2D eigenvalue weighted by Crippen LogP contribution is 2.34. The monoisotopic (exact) mass is 233 g/mol. The van der Waals surface area contributed by atoms with Crippen LogP contribution in [0.25, 0.3) is 0 Å². The fraction of sp³-hybridized carbons (Fsp3) is 0. The van der Waals surface area contributed by atoms with Crippen LogP contribution in [0.5, 0.6) is 5.75 Å². The van der Waals surface area contributed by atoms with Gasteiger partial charge in [-0.3, -0.25) is 20.4 Å². The summed E-state index contributed by atoms with van der Waals surface area (Å²) < 4.78 is 29.9. The summed E-state index contributed by atoms with van der Waals surface area (Å²) in [5.74, 6) is -1.02. The van der Waals surface area contributed by atoms with Crippen LogP contribution in [0.2, 0.25) is 0 Å². The summed E-state index contributed by atoms with van der Waals surface area (Å²) in [6.07, 6.45) is 0. The normalized spacial score (nSPS) is 11.3. The molecule has 1 aromatic carbocycles. The van der Waals surface area contributed by atoms with Crippen molar-refractivity contribution >= 4 is 21.5 Å². The standard InChI is InChI=1S/C6H5N2O6S/c7-4-1-3(8(10)11)2-5(6(4)9)15(12,13)14/h1-2,7,9H,(H,12,13,14). The highest BCUT2D eigenvalue weighted by atomic mass is 32.2. The molecule has 0 spiro atoms. The van der Waals surface area contributed by atoms with Crippen molar-refractivity contribution in [3.63, 3.8) is 0 Å². The molecule has 0 unspecified atom stereocenters. The van der Waals surface area contributed by atoms with Gasteiger partial charge in [0.2, 0.25) is 0 Å². The first-order valence-electron chi connectivity index (χ1n) is 3.44. The number of rotatable bonds is 2. The minimum atomic E-state index is -4.79. The molecule has 15 heavy (non-hydrogen) atoms. The van der Waals surface area contributed by atoms with Crippen LogP contribution in [0, 0.1) is 10.1 Å². The third-order valence-corrected chi connectivity index (χ3v) is 2.42. The summed E-state index contributed by atoms with van der Waals surface area (Å²) in [6.45, 7) is 0. The third-order valence-electron chi connectivity index (χ3n) is 1.55. The summed E-state index contributed by atoms with van der Waals surface area (Å²) in [7, 11) is -4.79. The molecule has 0 bridgehead atoms. The average molecular weight is 233 g/mol. The molecule has 9 heteroatoms. The number of phenolic OH excluding ortho intramolecular Hbond substituents is 1. The first-order chi connectivity index (χ1) is 6.73. The fourth-order valence-electron chi connectivity index (χ4n) is 0.895. The second kappa shape index (κ2) is 3.37. The van der Waals surface area contributed by atoms with Crippen LogP contribution >= 0.6 is 0 Å². The highest BCUT2D eigenvalue weighted by molar-refractivity contribution is 7.86. The molecular formula is C6H5N2O6S. The van der Waals surface area contributed by atoms with Crippen LogP contribution < -0.4 is 5.73 Å². The number of hydrogen-bond acceptors (Lipinski definition) is 5. The Hall–Kier alpha value is -1.87. The molecule has 0 saturated heterocycles. The number of nitro benzene ring substituents is 1. The summed E-state index contributed by atoms with van der Waals surface area (Å²) in [5.41, 5.74) is 5.59. The predicted molar refractivity (Wildman–Crippen MR) is 47.3 cm³/mol. The smallest absolute Gasteiger partial charge is 0.298 e. The maximum Gasteiger partial charge on any atom is 0.298 e. The second-order valence-corrected chi connectivity index (χ2v) is 3.96. The van der Waals surface area contributed by atoms with E-state index in [1.54, 1.807) is 0 Å². The Morgan fingerprint density at radius 2 is 1.93 bits per heavy atom. The maximum atomic E-state index is 10.7.